The number of carbonyl (C=O) groups excluding carboxylic acids is 1. The van der Waals surface area contributed by atoms with Crippen LogP contribution in [0.3, 0.4) is 0 Å². The number of nitrogens with one attached hydrogen (secondary N) is 1. The molecule has 0 saturated heterocycles. The molecule has 0 bridgehead atoms. The molecule has 2 N–H and O–H groups in total. The standard InChI is InChI=1S/C11H15NO2/c1-4-6-10(7-5-8-13)12-11(14)9(2)3/h4-8,13H,2H2,1,3H3,(H,12,14)/b6-4-,8-5+,10-7+. The lowest BCUT2D eigenvalue weighted by Gasteiger charge is -2.04. The number of aliphatic hydroxyl groups excluding tert-OH is 1. The molecule has 0 unspecified atom stereocenters. The van der Waals surface area contributed by atoms with E-state index in [0.29, 0.717) is 11.3 Å². The highest BCUT2D eigenvalue weighted by atomic mass is 16.2. The Hall–Kier alpha value is -1.77. The van der Waals surface area contributed by atoms with Gasteiger partial charge in [-0.1, -0.05) is 12.7 Å². The van der Waals surface area contributed by atoms with Crippen LogP contribution in [0.15, 0.2) is 48.4 Å². The maximum atomic E-state index is 11.2. The van der Waals surface area contributed by atoms with Gasteiger partial charge in [-0.25, -0.2) is 0 Å². The van der Waals surface area contributed by atoms with Crippen molar-refractivity contribution in [2.75, 3.05) is 0 Å². The van der Waals surface area contributed by atoms with Crippen molar-refractivity contribution >= 4 is 5.91 Å². The van der Waals surface area contributed by atoms with Gasteiger partial charge < -0.3 is 10.4 Å². The topological polar surface area (TPSA) is 49.3 Å². The zero-order valence-electron chi connectivity index (χ0n) is 8.45. The summed E-state index contributed by atoms with van der Waals surface area (Å²) in [6.45, 7) is 6.98. The third-order valence-electron chi connectivity index (χ3n) is 1.35. The first kappa shape index (κ1) is 12.2. The van der Waals surface area contributed by atoms with Gasteiger partial charge in [0.25, 0.3) is 5.91 Å². The van der Waals surface area contributed by atoms with Gasteiger partial charge in [0, 0.05) is 11.3 Å². The van der Waals surface area contributed by atoms with Crippen molar-refractivity contribution in [3.8, 4) is 0 Å². The zero-order valence-corrected chi connectivity index (χ0v) is 8.45. The molecule has 1 amide bonds. The van der Waals surface area contributed by atoms with Crippen LogP contribution in [0.1, 0.15) is 13.8 Å². The van der Waals surface area contributed by atoms with Gasteiger partial charge in [0.15, 0.2) is 0 Å². The molecule has 0 fully saturated rings. The Morgan fingerprint density at radius 2 is 2.14 bits per heavy atom. The molecule has 0 spiro atoms. The monoisotopic (exact) mass is 193 g/mol. The lowest BCUT2D eigenvalue weighted by atomic mass is 10.3. The van der Waals surface area contributed by atoms with E-state index in [0.717, 1.165) is 6.26 Å². The fraction of sp³-hybridized carbons (Fsp3) is 0.182. The van der Waals surface area contributed by atoms with Gasteiger partial charge in [-0.05, 0) is 32.1 Å². The van der Waals surface area contributed by atoms with Gasteiger partial charge in [0.1, 0.15) is 0 Å². The Morgan fingerprint density at radius 1 is 1.50 bits per heavy atom. The van der Waals surface area contributed by atoms with Crippen molar-refractivity contribution in [2.24, 2.45) is 0 Å². The molecule has 0 aliphatic rings. The van der Waals surface area contributed by atoms with Crippen molar-refractivity contribution in [2.45, 2.75) is 13.8 Å². The molecule has 0 aromatic rings. The summed E-state index contributed by atoms with van der Waals surface area (Å²) in [6, 6.07) is 0. The van der Waals surface area contributed by atoms with Crippen LogP contribution in [-0.4, -0.2) is 11.0 Å². The maximum Gasteiger partial charge on any atom is 0.250 e. The van der Waals surface area contributed by atoms with E-state index in [1.165, 1.54) is 6.08 Å². The van der Waals surface area contributed by atoms with Gasteiger partial charge in [0.05, 0.1) is 6.26 Å². The summed E-state index contributed by atoms with van der Waals surface area (Å²) < 4.78 is 0. The minimum atomic E-state index is -0.235. The smallest absolute Gasteiger partial charge is 0.250 e. The summed E-state index contributed by atoms with van der Waals surface area (Å²) in [6.07, 6.45) is 7.42. The van der Waals surface area contributed by atoms with Gasteiger partial charge in [-0.3, -0.25) is 4.79 Å². The molecular weight excluding hydrogens is 178 g/mol. The van der Waals surface area contributed by atoms with E-state index >= 15 is 0 Å². The second-order valence-corrected chi connectivity index (χ2v) is 2.70. The molecule has 0 radical (unpaired) electrons. The second-order valence-electron chi connectivity index (χ2n) is 2.70. The summed E-state index contributed by atoms with van der Waals surface area (Å²) in [5, 5.41) is 11.1. The van der Waals surface area contributed by atoms with E-state index < -0.39 is 0 Å². The molecule has 76 valence electrons. The van der Waals surface area contributed by atoms with E-state index in [1.54, 1.807) is 25.2 Å². The van der Waals surface area contributed by atoms with Crippen LogP contribution in [-0.2, 0) is 4.79 Å². The highest BCUT2D eigenvalue weighted by Gasteiger charge is 2.01. The molecule has 0 atom stereocenters. The van der Waals surface area contributed by atoms with Gasteiger partial charge in [-0.2, -0.15) is 0 Å². The third kappa shape index (κ3) is 4.98. The molecule has 0 aromatic carbocycles. The number of hydrogen-bond donors (Lipinski definition) is 2. The largest absolute Gasteiger partial charge is 0.516 e. The quantitative estimate of drug-likeness (QED) is 0.408. The summed E-state index contributed by atoms with van der Waals surface area (Å²) in [7, 11) is 0. The Labute approximate surface area is 84.1 Å². The van der Waals surface area contributed by atoms with E-state index in [-0.39, 0.29) is 5.91 Å². The predicted molar refractivity (Wildman–Crippen MR) is 57.6 cm³/mol. The summed E-state index contributed by atoms with van der Waals surface area (Å²) in [5.41, 5.74) is 1.04. The van der Waals surface area contributed by atoms with Gasteiger partial charge in [-0.15, -0.1) is 0 Å². The van der Waals surface area contributed by atoms with Crippen LogP contribution in [0.4, 0.5) is 0 Å². The third-order valence-corrected chi connectivity index (χ3v) is 1.35. The van der Waals surface area contributed by atoms with Crippen LogP contribution < -0.4 is 5.32 Å². The van der Waals surface area contributed by atoms with Crippen molar-refractivity contribution in [3.63, 3.8) is 0 Å². The van der Waals surface area contributed by atoms with Crippen LogP contribution in [0.25, 0.3) is 0 Å². The first-order valence-electron chi connectivity index (χ1n) is 4.22. The van der Waals surface area contributed by atoms with Gasteiger partial charge in [0.2, 0.25) is 0 Å². The van der Waals surface area contributed by atoms with Crippen LogP contribution in [0, 0.1) is 0 Å². The SMILES string of the molecule is C=C(C)C(=O)NC(/C=C\C)=C/C=C/O. The molecule has 3 nitrogen and oxygen atoms in total. The summed E-state index contributed by atoms with van der Waals surface area (Å²) in [5.74, 6) is -0.235. The van der Waals surface area contributed by atoms with E-state index in [9.17, 15) is 4.79 Å². The summed E-state index contributed by atoms with van der Waals surface area (Å²) >= 11 is 0. The van der Waals surface area contributed by atoms with Crippen molar-refractivity contribution < 1.29 is 9.90 Å². The lowest BCUT2D eigenvalue weighted by molar-refractivity contribution is -0.116. The number of rotatable bonds is 4. The van der Waals surface area contributed by atoms with Crippen LogP contribution in [0.2, 0.25) is 0 Å². The predicted octanol–water partition coefficient (Wildman–Crippen LogP) is 2.21. The van der Waals surface area contributed by atoms with E-state index in [2.05, 4.69) is 11.9 Å². The number of hydrogen-bond acceptors (Lipinski definition) is 2. The minimum Gasteiger partial charge on any atom is -0.516 e. The average Bonchev–Trinajstić information content (AvgIpc) is 2.14. The second kappa shape index (κ2) is 6.71. The number of aliphatic hydroxyl groups is 1. The van der Waals surface area contributed by atoms with Crippen LogP contribution >= 0.6 is 0 Å². The minimum absolute atomic E-state index is 0.235. The fourth-order valence-electron chi connectivity index (χ4n) is 0.703. The highest BCUT2D eigenvalue weighted by Crippen LogP contribution is 1.96. The normalized spacial score (nSPS) is 12.3. The molecule has 0 aliphatic heterocycles. The fourth-order valence-corrected chi connectivity index (χ4v) is 0.703. The van der Waals surface area contributed by atoms with Crippen molar-refractivity contribution in [1.82, 2.24) is 5.32 Å². The molecule has 0 aliphatic carbocycles. The van der Waals surface area contributed by atoms with E-state index in [1.807, 2.05) is 6.92 Å². The Morgan fingerprint density at radius 3 is 2.57 bits per heavy atom. The zero-order chi connectivity index (χ0) is 11.0. The molecule has 0 aromatic heterocycles. The molecular formula is C11H15NO2. The maximum absolute atomic E-state index is 11.2. The number of carbonyl (C=O) groups is 1. The van der Waals surface area contributed by atoms with Crippen LogP contribution in [0.5, 0.6) is 0 Å². The molecule has 0 saturated carbocycles. The van der Waals surface area contributed by atoms with Gasteiger partial charge >= 0.3 is 0 Å². The Balaban J connectivity index is 4.53. The van der Waals surface area contributed by atoms with Crippen molar-refractivity contribution in [1.29, 1.82) is 0 Å². The van der Waals surface area contributed by atoms with Crippen molar-refractivity contribution in [3.05, 3.63) is 48.4 Å². The first-order chi connectivity index (χ1) is 6.61. The molecule has 14 heavy (non-hydrogen) atoms. The number of allylic oxidation sites excluding steroid dienone is 4. The Kier molecular flexibility index (Phi) is 5.87. The Bertz CT molecular complexity index is 298. The lowest BCUT2D eigenvalue weighted by Crippen LogP contribution is -2.21. The molecule has 0 heterocycles. The number of amides is 1. The van der Waals surface area contributed by atoms with E-state index in [4.69, 9.17) is 5.11 Å². The average molecular weight is 193 g/mol. The molecule has 3 heteroatoms. The first-order valence-corrected chi connectivity index (χ1v) is 4.22. The highest BCUT2D eigenvalue weighted by molar-refractivity contribution is 5.93. The molecule has 0 rings (SSSR count). The summed E-state index contributed by atoms with van der Waals surface area (Å²) in [4.78, 5) is 11.2.